The van der Waals surface area contributed by atoms with Crippen LogP contribution in [0, 0.1) is 0 Å². The normalized spacial score (nSPS) is 13.0. The van der Waals surface area contributed by atoms with Gasteiger partial charge in [-0.05, 0) is 12.8 Å². The van der Waals surface area contributed by atoms with Gasteiger partial charge in [0.05, 0.1) is 6.54 Å². The minimum atomic E-state index is 0.247. The summed E-state index contributed by atoms with van der Waals surface area (Å²) in [6.07, 6.45) is 49.6. The molecule has 0 bridgehead atoms. The molecule has 0 aliphatic carbocycles. The van der Waals surface area contributed by atoms with Crippen molar-refractivity contribution in [2.45, 2.75) is 245 Å². The van der Waals surface area contributed by atoms with Crippen molar-refractivity contribution in [3.05, 3.63) is 0 Å². The molecule has 4 nitrogen and oxygen atoms in total. The van der Waals surface area contributed by atoms with Gasteiger partial charge < -0.3 is 5.32 Å². The second-order valence-electron chi connectivity index (χ2n) is 15.5. The largest absolute Gasteiger partial charge is 0.352 e. The van der Waals surface area contributed by atoms with Crippen molar-refractivity contribution in [3.63, 3.8) is 0 Å². The highest BCUT2D eigenvalue weighted by Crippen LogP contribution is 2.16. The summed E-state index contributed by atoms with van der Waals surface area (Å²) in [5, 5.41) is 6.80. The molecule has 1 amide bonds. The SMILES string of the molecule is CCCCCCCCCCCCCCCCCCCCCC1=[N+](CCNC(=O)CCCCCCCCCCCCCCCCC)CCN1. The average molecular weight is 675 g/mol. The van der Waals surface area contributed by atoms with Crippen LogP contribution in [0.1, 0.15) is 245 Å². The maximum atomic E-state index is 12.3. The molecule has 1 aliphatic heterocycles. The van der Waals surface area contributed by atoms with Gasteiger partial charge in [-0.2, -0.15) is 0 Å². The lowest BCUT2D eigenvalue weighted by Gasteiger charge is -2.07. The maximum absolute atomic E-state index is 12.3. The Morgan fingerprint density at radius 1 is 0.500 bits per heavy atom. The molecule has 0 unspecified atom stereocenters. The predicted octanol–water partition coefficient (Wildman–Crippen LogP) is 13.2. The number of hydrogen-bond donors (Lipinski definition) is 2. The lowest BCUT2D eigenvalue weighted by molar-refractivity contribution is -0.517. The smallest absolute Gasteiger partial charge is 0.244 e. The van der Waals surface area contributed by atoms with Crippen LogP contribution in [0.25, 0.3) is 0 Å². The van der Waals surface area contributed by atoms with E-state index < -0.39 is 0 Å². The first-order valence-corrected chi connectivity index (χ1v) is 22.4. The lowest BCUT2D eigenvalue weighted by Crippen LogP contribution is -2.32. The Labute approximate surface area is 302 Å². The molecule has 4 heteroatoms. The van der Waals surface area contributed by atoms with Gasteiger partial charge in [-0.1, -0.05) is 219 Å². The van der Waals surface area contributed by atoms with Crippen LogP contribution in [0.15, 0.2) is 0 Å². The Kier molecular flexibility index (Phi) is 34.8. The van der Waals surface area contributed by atoms with Crippen molar-refractivity contribution in [1.82, 2.24) is 10.6 Å². The lowest BCUT2D eigenvalue weighted by atomic mass is 10.0. The fraction of sp³-hybridized carbons (Fsp3) is 0.955. The van der Waals surface area contributed by atoms with Crippen molar-refractivity contribution < 1.29 is 9.37 Å². The first kappa shape index (κ1) is 45.0. The highest BCUT2D eigenvalue weighted by molar-refractivity contribution is 5.78. The van der Waals surface area contributed by atoms with Gasteiger partial charge in [0.15, 0.2) is 0 Å². The fourth-order valence-electron chi connectivity index (χ4n) is 7.52. The van der Waals surface area contributed by atoms with E-state index in [1.54, 1.807) is 0 Å². The third-order valence-corrected chi connectivity index (χ3v) is 10.8. The number of hydrogen-bond acceptors (Lipinski definition) is 2. The van der Waals surface area contributed by atoms with Crippen molar-refractivity contribution in [3.8, 4) is 0 Å². The van der Waals surface area contributed by atoms with Gasteiger partial charge in [-0.3, -0.25) is 14.7 Å². The molecule has 0 saturated carbocycles. The van der Waals surface area contributed by atoms with Gasteiger partial charge in [-0.25, -0.2) is 0 Å². The summed E-state index contributed by atoms with van der Waals surface area (Å²) in [7, 11) is 0. The molecule has 0 fully saturated rings. The number of amidine groups is 1. The van der Waals surface area contributed by atoms with E-state index in [1.807, 2.05) is 0 Å². The number of carbonyl (C=O) groups excluding carboxylic acids is 1. The molecule has 0 spiro atoms. The zero-order chi connectivity index (χ0) is 34.4. The van der Waals surface area contributed by atoms with Crippen LogP contribution in [-0.2, 0) is 4.79 Å². The fourth-order valence-corrected chi connectivity index (χ4v) is 7.52. The van der Waals surface area contributed by atoms with E-state index in [9.17, 15) is 4.79 Å². The average Bonchev–Trinajstić information content (AvgIpc) is 3.54. The maximum Gasteiger partial charge on any atom is 0.244 e. The predicted molar refractivity (Wildman–Crippen MR) is 214 cm³/mol. The molecule has 48 heavy (non-hydrogen) atoms. The quantitative estimate of drug-likeness (QED) is 0.0503. The first-order chi connectivity index (χ1) is 23.8. The van der Waals surface area contributed by atoms with E-state index in [0.29, 0.717) is 6.42 Å². The molecule has 1 aliphatic rings. The van der Waals surface area contributed by atoms with Gasteiger partial charge in [0.25, 0.3) is 0 Å². The molecule has 0 atom stereocenters. The van der Waals surface area contributed by atoms with E-state index in [-0.39, 0.29) is 5.91 Å². The second kappa shape index (κ2) is 37.2. The molecular weight excluding hydrogens is 587 g/mol. The Balaban J connectivity index is 1.85. The number of amides is 1. The van der Waals surface area contributed by atoms with E-state index in [0.717, 1.165) is 32.6 Å². The summed E-state index contributed by atoms with van der Waals surface area (Å²) < 4.78 is 2.47. The van der Waals surface area contributed by atoms with E-state index in [2.05, 4.69) is 29.1 Å². The molecule has 1 heterocycles. The molecule has 0 aromatic carbocycles. The molecule has 0 saturated heterocycles. The highest BCUT2D eigenvalue weighted by Gasteiger charge is 2.19. The minimum Gasteiger partial charge on any atom is -0.352 e. The van der Waals surface area contributed by atoms with E-state index >= 15 is 0 Å². The van der Waals surface area contributed by atoms with Crippen molar-refractivity contribution in [1.29, 1.82) is 0 Å². The van der Waals surface area contributed by atoms with Crippen molar-refractivity contribution in [2.24, 2.45) is 0 Å². The van der Waals surface area contributed by atoms with Crippen LogP contribution in [0.5, 0.6) is 0 Å². The Bertz CT molecular complexity index is 705. The third kappa shape index (κ3) is 31.0. The molecule has 0 radical (unpaired) electrons. The minimum absolute atomic E-state index is 0.247. The topological polar surface area (TPSA) is 44.1 Å². The molecule has 0 aromatic heterocycles. The number of nitrogens with one attached hydrogen (secondary N) is 2. The molecule has 1 rings (SSSR count). The van der Waals surface area contributed by atoms with Crippen LogP contribution < -0.4 is 10.6 Å². The van der Waals surface area contributed by atoms with Crippen LogP contribution in [0.3, 0.4) is 0 Å². The van der Waals surface area contributed by atoms with Gasteiger partial charge in [-0.15, -0.1) is 0 Å². The van der Waals surface area contributed by atoms with Crippen LogP contribution in [0.4, 0.5) is 0 Å². The van der Waals surface area contributed by atoms with Gasteiger partial charge in [0.2, 0.25) is 11.7 Å². The van der Waals surface area contributed by atoms with Gasteiger partial charge in [0, 0.05) is 12.8 Å². The van der Waals surface area contributed by atoms with Crippen molar-refractivity contribution >= 4 is 11.7 Å². The van der Waals surface area contributed by atoms with Crippen LogP contribution in [-0.4, -0.2) is 42.5 Å². The first-order valence-electron chi connectivity index (χ1n) is 22.4. The summed E-state index contributed by atoms with van der Waals surface area (Å²) in [5.74, 6) is 1.66. The van der Waals surface area contributed by atoms with E-state index in [4.69, 9.17) is 0 Å². The number of unbranched alkanes of at least 4 members (excludes halogenated alkanes) is 32. The molecule has 0 aromatic rings. The second-order valence-corrected chi connectivity index (χ2v) is 15.5. The summed E-state index contributed by atoms with van der Waals surface area (Å²) in [6, 6.07) is 0. The monoisotopic (exact) mass is 675 g/mol. The third-order valence-electron chi connectivity index (χ3n) is 10.8. The zero-order valence-electron chi connectivity index (χ0n) is 33.1. The van der Waals surface area contributed by atoms with E-state index in [1.165, 1.54) is 224 Å². The summed E-state index contributed by atoms with van der Waals surface area (Å²) in [4.78, 5) is 12.3. The van der Waals surface area contributed by atoms with Crippen LogP contribution in [0.2, 0.25) is 0 Å². The Morgan fingerprint density at radius 2 is 0.833 bits per heavy atom. The summed E-state index contributed by atoms with van der Waals surface area (Å²) >= 11 is 0. The van der Waals surface area contributed by atoms with Gasteiger partial charge in [0.1, 0.15) is 19.6 Å². The number of nitrogens with zero attached hydrogens (tertiary/aromatic N) is 1. The van der Waals surface area contributed by atoms with Gasteiger partial charge >= 0.3 is 0 Å². The highest BCUT2D eigenvalue weighted by atomic mass is 16.1. The standard InChI is InChI=1S/C44H87N3O/c1-3-5-7-9-11-13-15-17-19-20-21-22-24-25-27-29-31-33-35-37-43-45-39-41-47(43)42-40-46-44(48)38-36-34-32-30-28-26-23-18-16-14-12-10-8-6-4-2/h3-42H2,1-2H3,(H,46,48)/p+1. The van der Waals surface area contributed by atoms with Crippen LogP contribution >= 0.6 is 0 Å². The summed E-state index contributed by atoms with van der Waals surface area (Å²) in [6.45, 7) is 8.47. The number of rotatable bonds is 39. The molecule has 2 N–H and O–H groups in total. The summed E-state index contributed by atoms with van der Waals surface area (Å²) in [5.41, 5.74) is 0. The Hall–Kier alpha value is -1.06. The van der Waals surface area contributed by atoms with Crippen molar-refractivity contribution in [2.75, 3.05) is 26.2 Å². The molecule has 284 valence electrons. The Morgan fingerprint density at radius 3 is 1.21 bits per heavy atom. The zero-order valence-corrected chi connectivity index (χ0v) is 33.1. The molecular formula is C44H88N3O+. The number of carbonyl (C=O) groups is 1.